The Morgan fingerprint density at radius 2 is 1.93 bits per heavy atom. The molecule has 0 spiro atoms. The van der Waals surface area contributed by atoms with Gasteiger partial charge in [0.2, 0.25) is 0 Å². The van der Waals surface area contributed by atoms with Crippen LogP contribution in [0.4, 0.5) is 5.69 Å². The van der Waals surface area contributed by atoms with E-state index < -0.39 is 10.0 Å². The fraction of sp³-hybridized carbons (Fsp3) is 0.304. The topological polar surface area (TPSA) is 55.8 Å². The van der Waals surface area contributed by atoms with Gasteiger partial charge in [-0.3, -0.25) is 0 Å². The summed E-state index contributed by atoms with van der Waals surface area (Å²) in [5.41, 5.74) is 1.80. The van der Waals surface area contributed by atoms with E-state index in [4.69, 9.17) is 15.9 Å². The lowest BCUT2D eigenvalue weighted by molar-refractivity contribution is -0.154. The van der Waals surface area contributed by atoms with Gasteiger partial charge in [0.1, 0.15) is 6.61 Å². The minimum absolute atomic E-state index is 0.126. The lowest BCUT2D eigenvalue weighted by Crippen LogP contribution is -2.26. The van der Waals surface area contributed by atoms with Crippen LogP contribution in [-0.2, 0) is 19.5 Å². The first-order valence-corrected chi connectivity index (χ1v) is 10.9. The van der Waals surface area contributed by atoms with E-state index >= 15 is 0 Å². The summed E-state index contributed by atoms with van der Waals surface area (Å²) in [6.07, 6.45) is 8.35. The number of para-hydroxylation sites is 1. The lowest BCUT2D eigenvalue weighted by Gasteiger charge is -2.21. The fourth-order valence-electron chi connectivity index (χ4n) is 2.95. The molecule has 1 fully saturated rings. The molecule has 1 saturated heterocycles. The van der Waals surface area contributed by atoms with Gasteiger partial charge < -0.3 is 9.47 Å². The summed E-state index contributed by atoms with van der Waals surface area (Å²) in [6.45, 7) is 2.79. The first-order chi connectivity index (χ1) is 14.0. The number of hydrogen-bond donors (Lipinski definition) is 0. The predicted molar refractivity (Wildman–Crippen MR) is 113 cm³/mol. The van der Waals surface area contributed by atoms with E-state index in [1.807, 2.05) is 6.92 Å². The molecule has 0 saturated carbocycles. The third-order valence-electron chi connectivity index (χ3n) is 4.50. The molecule has 0 N–H and O–H groups in total. The van der Waals surface area contributed by atoms with E-state index in [9.17, 15) is 8.42 Å². The van der Waals surface area contributed by atoms with E-state index in [-0.39, 0.29) is 17.8 Å². The number of ether oxygens (including phenoxy) is 2. The van der Waals surface area contributed by atoms with Gasteiger partial charge in [0.25, 0.3) is 10.0 Å². The molecule has 0 bridgehead atoms. The van der Waals surface area contributed by atoms with E-state index in [1.165, 1.54) is 0 Å². The molecule has 29 heavy (non-hydrogen) atoms. The van der Waals surface area contributed by atoms with Gasteiger partial charge >= 0.3 is 0 Å². The largest absolute Gasteiger partial charge is 0.353 e. The Hall–Kier alpha value is -2.77. The molecule has 1 unspecified atom stereocenters. The number of aryl methyl sites for hydroxylation is 1. The van der Waals surface area contributed by atoms with Gasteiger partial charge in [0, 0.05) is 12.7 Å². The van der Waals surface area contributed by atoms with Crippen LogP contribution in [0.15, 0.2) is 53.4 Å². The molecule has 150 valence electrons. The highest BCUT2D eigenvalue weighted by molar-refractivity contribution is 7.93. The van der Waals surface area contributed by atoms with Crippen molar-refractivity contribution in [3.63, 3.8) is 0 Å². The van der Waals surface area contributed by atoms with Crippen LogP contribution in [0.25, 0.3) is 0 Å². The van der Waals surface area contributed by atoms with E-state index in [0.717, 1.165) is 29.1 Å². The van der Waals surface area contributed by atoms with Gasteiger partial charge in [-0.25, -0.2) is 8.42 Å². The third-order valence-corrected chi connectivity index (χ3v) is 6.15. The SMILES string of the molecule is C#CN(c1ccccc1C#CCOC1CCCCO1)S(=O)(=O)c1ccc(C)cc1. The van der Waals surface area contributed by atoms with Crippen LogP contribution in [0.3, 0.4) is 0 Å². The normalized spacial score (nSPS) is 16.3. The van der Waals surface area contributed by atoms with Crippen molar-refractivity contribution in [2.45, 2.75) is 37.4 Å². The van der Waals surface area contributed by atoms with Crippen LogP contribution < -0.4 is 4.31 Å². The second-order valence-corrected chi connectivity index (χ2v) is 8.42. The van der Waals surface area contributed by atoms with Crippen molar-refractivity contribution in [1.82, 2.24) is 0 Å². The maximum atomic E-state index is 13.1. The minimum Gasteiger partial charge on any atom is -0.353 e. The van der Waals surface area contributed by atoms with Crippen molar-refractivity contribution in [1.29, 1.82) is 0 Å². The third kappa shape index (κ3) is 5.19. The predicted octanol–water partition coefficient (Wildman–Crippen LogP) is 3.68. The Kier molecular flexibility index (Phi) is 6.95. The highest BCUT2D eigenvalue weighted by Gasteiger charge is 2.25. The number of sulfonamides is 1. The molecule has 6 heteroatoms. The van der Waals surface area contributed by atoms with Gasteiger partial charge in [0.05, 0.1) is 16.1 Å². The summed E-state index contributed by atoms with van der Waals surface area (Å²) in [5, 5.41) is 0. The molecule has 1 aliphatic heterocycles. The standard InChI is InChI=1S/C23H23NO4S/c1-3-24(29(25,26)21-15-13-19(2)14-16-21)22-11-5-4-9-20(22)10-8-18-28-23-12-6-7-17-27-23/h1,4-5,9,11,13-16,23H,6-7,12,17-18H2,2H3. The quantitative estimate of drug-likeness (QED) is 0.558. The zero-order valence-electron chi connectivity index (χ0n) is 16.3. The average molecular weight is 410 g/mol. The molecule has 1 heterocycles. The summed E-state index contributed by atoms with van der Waals surface area (Å²) >= 11 is 0. The molecular weight excluding hydrogens is 386 g/mol. The number of nitrogens with zero attached hydrogens (tertiary/aromatic N) is 1. The average Bonchev–Trinajstić information content (AvgIpc) is 2.73. The Labute approximate surface area is 172 Å². The molecule has 0 aromatic heterocycles. The first-order valence-electron chi connectivity index (χ1n) is 9.42. The van der Waals surface area contributed by atoms with Gasteiger partial charge in [0.15, 0.2) is 6.29 Å². The van der Waals surface area contributed by atoms with Gasteiger partial charge in [-0.05, 0) is 50.5 Å². The highest BCUT2D eigenvalue weighted by atomic mass is 32.2. The maximum Gasteiger partial charge on any atom is 0.275 e. The first kappa shape index (κ1) is 21.0. The number of anilines is 1. The van der Waals surface area contributed by atoms with Crippen LogP contribution in [0.2, 0.25) is 0 Å². The minimum atomic E-state index is -3.91. The van der Waals surface area contributed by atoms with Crippen LogP contribution in [0.5, 0.6) is 0 Å². The second-order valence-electron chi connectivity index (χ2n) is 6.64. The van der Waals surface area contributed by atoms with E-state index in [0.29, 0.717) is 17.9 Å². The maximum absolute atomic E-state index is 13.1. The molecule has 2 aromatic rings. The summed E-state index contributed by atoms with van der Waals surface area (Å²) < 4.78 is 38.2. The summed E-state index contributed by atoms with van der Waals surface area (Å²) in [5.74, 6) is 5.89. The van der Waals surface area contributed by atoms with Crippen LogP contribution in [0.1, 0.15) is 30.4 Å². The van der Waals surface area contributed by atoms with Crippen molar-refractivity contribution in [2.75, 3.05) is 17.5 Å². The van der Waals surface area contributed by atoms with Crippen LogP contribution >= 0.6 is 0 Å². The molecular formula is C23H23NO4S. The van der Waals surface area contributed by atoms with E-state index in [1.54, 1.807) is 48.5 Å². The Morgan fingerprint density at radius 1 is 1.17 bits per heavy atom. The molecule has 0 amide bonds. The van der Waals surface area contributed by atoms with Gasteiger partial charge in [-0.2, -0.15) is 4.31 Å². The van der Waals surface area contributed by atoms with Gasteiger partial charge in [-0.15, -0.1) is 0 Å². The van der Waals surface area contributed by atoms with Crippen molar-refractivity contribution in [3.05, 3.63) is 59.7 Å². The van der Waals surface area contributed by atoms with Crippen molar-refractivity contribution in [2.24, 2.45) is 0 Å². The number of benzene rings is 2. The van der Waals surface area contributed by atoms with E-state index in [2.05, 4.69) is 17.9 Å². The zero-order valence-corrected chi connectivity index (χ0v) is 17.1. The van der Waals surface area contributed by atoms with Crippen molar-refractivity contribution >= 4 is 15.7 Å². The number of terminal acetylenes is 1. The smallest absolute Gasteiger partial charge is 0.275 e. The van der Waals surface area contributed by atoms with Crippen molar-refractivity contribution < 1.29 is 17.9 Å². The second kappa shape index (κ2) is 9.62. The van der Waals surface area contributed by atoms with Gasteiger partial charge in [-0.1, -0.05) is 48.1 Å². The molecule has 0 radical (unpaired) electrons. The van der Waals surface area contributed by atoms with Crippen LogP contribution in [0, 0.1) is 31.2 Å². The Morgan fingerprint density at radius 3 is 2.62 bits per heavy atom. The molecule has 0 aliphatic carbocycles. The molecule has 2 aromatic carbocycles. The highest BCUT2D eigenvalue weighted by Crippen LogP contribution is 2.26. The summed E-state index contributed by atoms with van der Waals surface area (Å²) in [6, 6.07) is 15.7. The van der Waals surface area contributed by atoms with Crippen LogP contribution in [-0.4, -0.2) is 27.9 Å². The Balaban J connectivity index is 1.82. The summed E-state index contributed by atoms with van der Waals surface area (Å²) in [4.78, 5) is 0.126. The monoisotopic (exact) mass is 409 g/mol. The molecule has 5 nitrogen and oxygen atoms in total. The molecule has 1 aliphatic rings. The Bertz CT molecular complexity index is 1040. The molecule has 1 atom stereocenters. The number of hydrogen-bond acceptors (Lipinski definition) is 4. The van der Waals surface area contributed by atoms with Crippen molar-refractivity contribution in [3.8, 4) is 24.3 Å². The number of rotatable bonds is 5. The molecule has 3 rings (SSSR count). The lowest BCUT2D eigenvalue weighted by atomic mass is 10.2. The fourth-order valence-corrected chi connectivity index (χ4v) is 4.20. The zero-order chi connectivity index (χ0) is 20.7. The summed E-state index contributed by atoms with van der Waals surface area (Å²) in [7, 11) is -3.91.